The second kappa shape index (κ2) is 7.22. The zero-order valence-electron chi connectivity index (χ0n) is 11.8. The average molecular weight is 336 g/mol. The van der Waals surface area contributed by atoms with Crippen molar-refractivity contribution in [2.45, 2.75) is 25.4 Å². The van der Waals surface area contributed by atoms with Gasteiger partial charge in [-0.05, 0) is 7.05 Å². The van der Waals surface area contributed by atoms with Gasteiger partial charge < -0.3 is 5.32 Å². The first-order chi connectivity index (χ1) is 9.56. The summed E-state index contributed by atoms with van der Waals surface area (Å²) < 4.78 is 24.4. The highest BCUT2D eigenvalue weighted by Crippen LogP contribution is 2.23. The minimum Gasteiger partial charge on any atom is -0.314 e. The molecule has 2 heterocycles. The fourth-order valence-electron chi connectivity index (χ4n) is 2.18. The van der Waals surface area contributed by atoms with Crippen LogP contribution >= 0.6 is 23.1 Å². The smallest absolute Gasteiger partial charge is 0.166 e. The Morgan fingerprint density at radius 3 is 3.05 bits per heavy atom. The maximum Gasteiger partial charge on any atom is 0.166 e. The molecule has 114 valence electrons. The van der Waals surface area contributed by atoms with Crippen molar-refractivity contribution in [3.63, 3.8) is 0 Å². The van der Waals surface area contributed by atoms with Crippen molar-refractivity contribution in [3.05, 3.63) is 16.1 Å². The van der Waals surface area contributed by atoms with E-state index in [1.54, 1.807) is 30.0 Å². The van der Waals surface area contributed by atoms with Crippen LogP contribution < -0.4 is 5.32 Å². The largest absolute Gasteiger partial charge is 0.314 e. The molecular formula is C12H21N3O2S3. The lowest BCUT2D eigenvalue weighted by atomic mass is 10.4. The molecule has 0 aromatic carbocycles. The van der Waals surface area contributed by atoms with Gasteiger partial charge in [-0.2, -0.15) is 11.8 Å². The Kier molecular flexibility index (Phi) is 5.85. The van der Waals surface area contributed by atoms with Crippen LogP contribution in [0.4, 0.5) is 0 Å². The number of hydrogen-bond acceptors (Lipinski definition) is 7. The van der Waals surface area contributed by atoms with Crippen molar-refractivity contribution in [2.75, 3.05) is 30.9 Å². The second-order valence-electron chi connectivity index (χ2n) is 4.71. The molecule has 5 nitrogen and oxygen atoms in total. The molecule has 1 N–H and O–H groups in total. The van der Waals surface area contributed by atoms with Gasteiger partial charge in [0, 0.05) is 42.3 Å². The maximum atomic E-state index is 12.2. The molecule has 0 amide bonds. The topological polar surface area (TPSA) is 62.3 Å². The third kappa shape index (κ3) is 3.94. The van der Waals surface area contributed by atoms with Gasteiger partial charge in [-0.1, -0.05) is 6.92 Å². The quantitative estimate of drug-likeness (QED) is 0.842. The Balaban J connectivity index is 2.08. The molecule has 1 saturated heterocycles. The fraction of sp³-hybridized carbons (Fsp3) is 0.750. The van der Waals surface area contributed by atoms with Crippen molar-refractivity contribution >= 4 is 32.9 Å². The Morgan fingerprint density at radius 2 is 2.35 bits per heavy atom. The van der Waals surface area contributed by atoms with E-state index in [-0.39, 0.29) is 11.1 Å². The Bertz CT molecular complexity index is 530. The van der Waals surface area contributed by atoms with Crippen LogP contribution in [0.1, 0.15) is 17.6 Å². The Labute approximate surface area is 129 Å². The number of nitrogens with zero attached hydrogens (tertiary/aromatic N) is 2. The van der Waals surface area contributed by atoms with E-state index in [9.17, 15) is 8.42 Å². The van der Waals surface area contributed by atoms with Crippen LogP contribution in [0.25, 0.3) is 0 Å². The molecule has 0 bridgehead atoms. The van der Waals surface area contributed by atoms with Crippen LogP contribution in [-0.2, 0) is 22.9 Å². The summed E-state index contributed by atoms with van der Waals surface area (Å²) in [5.41, 5.74) is 0.975. The molecule has 2 rings (SSSR count). The lowest BCUT2D eigenvalue weighted by Crippen LogP contribution is -2.47. The highest BCUT2D eigenvalue weighted by atomic mass is 32.2. The van der Waals surface area contributed by atoms with Gasteiger partial charge in [0.25, 0.3) is 0 Å². The summed E-state index contributed by atoms with van der Waals surface area (Å²) in [5, 5.41) is 5.79. The van der Waals surface area contributed by atoms with E-state index < -0.39 is 9.84 Å². The summed E-state index contributed by atoms with van der Waals surface area (Å²) >= 11 is 3.35. The second-order valence-corrected chi connectivity index (χ2v) is 9.25. The van der Waals surface area contributed by atoms with Gasteiger partial charge in [-0.3, -0.25) is 4.90 Å². The molecule has 0 saturated carbocycles. The van der Waals surface area contributed by atoms with E-state index in [1.165, 1.54) is 0 Å². The van der Waals surface area contributed by atoms with E-state index in [1.807, 2.05) is 12.4 Å². The third-order valence-corrected chi connectivity index (χ3v) is 7.53. The summed E-state index contributed by atoms with van der Waals surface area (Å²) in [6.45, 7) is 3.93. The van der Waals surface area contributed by atoms with E-state index in [2.05, 4.69) is 15.2 Å². The van der Waals surface area contributed by atoms with Gasteiger partial charge in [0.05, 0.1) is 5.69 Å². The molecule has 0 aliphatic carbocycles. The highest BCUT2D eigenvalue weighted by Gasteiger charge is 2.32. The molecule has 1 aromatic heterocycles. The molecule has 8 heteroatoms. The normalized spacial score (nSPS) is 21.2. The first kappa shape index (κ1) is 16.2. The van der Waals surface area contributed by atoms with Crippen molar-refractivity contribution in [2.24, 2.45) is 0 Å². The molecule has 20 heavy (non-hydrogen) atoms. The number of nitrogens with one attached hydrogen (secondary N) is 1. The summed E-state index contributed by atoms with van der Waals surface area (Å²) in [4.78, 5) is 6.61. The van der Waals surface area contributed by atoms with Gasteiger partial charge in [0.2, 0.25) is 0 Å². The zero-order chi connectivity index (χ0) is 14.6. The minimum atomic E-state index is -3.03. The van der Waals surface area contributed by atoms with Crippen molar-refractivity contribution in [3.8, 4) is 0 Å². The van der Waals surface area contributed by atoms with Crippen LogP contribution in [0.2, 0.25) is 0 Å². The Hall–Kier alpha value is -0.150. The van der Waals surface area contributed by atoms with E-state index >= 15 is 0 Å². The van der Waals surface area contributed by atoms with Gasteiger partial charge in [-0.25, -0.2) is 13.4 Å². The predicted molar refractivity (Wildman–Crippen MR) is 85.9 cm³/mol. The molecule has 1 unspecified atom stereocenters. The molecule has 0 spiro atoms. The molecule has 1 aliphatic heterocycles. The van der Waals surface area contributed by atoms with Crippen molar-refractivity contribution in [1.82, 2.24) is 15.2 Å². The molecule has 1 atom stereocenters. The lowest BCUT2D eigenvalue weighted by Gasteiger charge is -2.34. The summed E-state index contributed by atoms with van der Waals surface area (Å²) in [6, 6.07) is 0. The van der Waals surface area contributed by atoms with Crippen molar-refractivity contribution < 1.29 is 8.42 Å². The number of thiazole rings is 1. The molecule has 0 radical (unpaired) electrons. The van der Waals surface area contributed by atoms with Crippen molar-refractivity contribution in [1.29, 1.82) is 0 Å². The van der Waals surface area contributed by atoms with Gasteiger partial charge >= 0.3 is 0 Å². The monoisotopic (exact) mass is 335 g/mol. The minimum absolute atomic E-state index is 0.205. The van der Waals surface area contributed by atoms with Crippen LogP contribution in [-0.4, -0.2) is 54.5 Å². The summed E-state index contributed by atoms with van der Waals surface area (Å²) in [6.07, 6.45) is 0. The average Bonchev–Trinajstić information content (AvgIpc) is 2.87. The summed E-state index contributed by atoms with van der Waals surface area (Å²) in [5.74, 6) is 1.86. The lowest BCUT2D eigenvalue weighted by molar-refractivity contribution is 0.259. The first-order valence-corrected chi connectivity index (χ1v) is 10.4. The maximum absolute atomic E-state index is 12.2. The van der Waals surface area contributed by atoms with Crippen LogP contribution in [0, 0.1) is 0 Å². The number of rotatable bonds is 6. The van der Waals surface area contributed by atoms with Gasteiger partial charge in [-0.15, -0.1) is 11.3 Å². The molecule has 1 aliphatic rings. The SMILES string of the molecule is CCS(=O)(=O)C1CSCCN1Cc1csc(CNC)n1. The zero-order valence-corrected chi connectivity index (χ0v) is 14.3. The van der Waals surface area contributed by atoms with Crippen LogP contribution in [0.3, 0.4) is 0 Å². The third-order valence-electron chi connectivity index (χ3n) is 3.30. The number of hydrogen-bond donors (Lipinski definition) is 1. The predicted octanol–water partition coefficient (Wildman–Crippen LogP) is 1.17. The van der Waals surface area contributed by atoms with E-state index in [0.29, 0.717) is 12.3 Å². The molecular weight excluding hydrogens is 314 g/mol. The molecule has 1 aromatic rings. The number of sulfone groups is 1. The van der Waals surface area contributed by atoms with E-state index in [0.717, 1.165) is 29.5 Å². The van der Waals surface area contributed by atoms with Crippen LogP contribution in [0.15, 0.2) is 5.38 Å². The fourth-order valence-corrected chi connectivity index (χ4v) is 6.06. The highest BCUT2D eigenvalue weighted by molar-refractivity contribution is 8.01. The van der Waals surface area contributed by atoms with Gasteiger partial charge in [0.15, 0.2) is 9.84 Å². The molecule has 1 fully saturated rings. The number of thioether (sulfide) groups is 1. The van der Waals surface area contributed by atoms with E-state index in [4.69, 9.17) is 0 Å². The standard InChI is InChI=1S/C12H21N3O2S3/c1-3-20(16,17)12-9-18-5-4-15(12)7-10-8-19-11(14-10)6-13-2/h8,12-13H,3-7,9H2,1-2H3. The number of aromatic nitrogens is 1. The summed E-state index contributed by atoms with van der Waals surface area (Å²) in [7, 11) is -1.13. The van der Waals surface area contributed by atoms with Gasteiger partial charge in [0.1, 0.15) is 10.4 Å². The van der Waals surface area contributed by atoms with Crippen LogP contribution in [0.5, 0.6) is 0 Å². The Morgan fingerprint density at radius 1 is 1.55 bits per heavy atom. The first-order valence-electron chi connectivity index (χ1n) is 6.68.